The molecule has 1 aliphatic rings. The van der Waals surface area contributed by atoms with Crippen molar-refractivity contribution >= 4 is 0 Å². The minimum absolute atomic E-state index is 2.25. The van der Waals surface area contributed by atoms with E-state index < -0.39 is 35.9 Å². The van der Waals surface area contributed by atoms with Gasteiger partial charge in [0.25, 0.3) is 0 Å². The van der Waals surface area contributed by atoms with Crippen LogP contribution in [-0.2, 0) is 4.74 Å². The second-order valence-electron chi connectivity index (χ2n) is 3.46. The van der Waals surface area contributed by atoms with Crippen LogP contribution in [0.4, 0.5) is 52.7 Å². The van der Waals surface area contributed by atoms with Gasteiger partial charge >= 0.3 is 35.9 Å². The molecule has 0 unspecified atom stereocenters. The van der Waals surface area contributed by atoms with Gasteiger partial charge in [0.1, 0.15) is 0 Å². The molecule has 0 bridgehead atoms. The molecule has 0 saturated carbocycles. The number of ether oxygens (including phenoxy) is 1. The van der Waals surface area contributed by atoms with Crippen molar-refractivity contribution < 1.29 is 57.4 Å². The minimum Gasteiger partial charge on any atom is -0.328 e. The van der Waals surface area contributed by atoms with Crippen LogP contribution < -0.4 is 0 Å². The van der Waals surface area contributed by atoms with Gasteiger partial charge in [0, 0.05) is 0 Å². The Hall–Kier alpha value is -0.880. The second kappa shape index (κ2) is 3.41. The summed E-state index contributed by atoms with van der Waals surface area (Å²) in [5, 5.41) is 0. The van der Waals surface area contributed by atoms with Crippen molar-refractivity contribution in [1.82, 2.24) is 0 Å². The van der Waals surface area contributed by atoms with Gasteiger partial charge in [0.05, 0.1) is 0 Å². The summed E-state index contributed by atoms with van der Waals surface area (Å²) < 4.78 is 147. The zero-order valence-electron chi connectivity index (χ0n) is 7.94. The number of alkyl halides is 12. The summed E-state index contributed by atoms with van der Waals surface area (Å²) in [5.41, 5.74) is -12.7. The van der Waals surface area contributed by atoms with Gasteiger partial charge in [0.15, 0.2) is 0 Å². The van der Waals surface area contributed by atoms with E-state index in [1.807, 2.05) is 0 Å². The smallest absolute Gasteiger partial charge is 0.328 e. The molecule has 0 N–H and O–H groups in total. The molecule has 13 heteroatoms. The van der Waals surface area contributed by atoms with Crippen LogP contribution in [0.2, 0.25) is 0 Å². The highest BCUT2D eigenvalue weighted by Crippen LogP contribution is 2.74. The maximum Gasteiger partial charge on any atom is 0.430 e. The monoisotopic (exact) mass is 316 g/mol. The van der Waals surface area contributed by atoms with E-state index in [4.69, 9.17) is 0 Å². The van der Waals surface area contributed by atoms with Gasteiger partial charge in [-0.25, -0.2) is 0 Å². The van der Waals surface area contributed by atoms with Crippen molar-refractivity contribution in [2.24, 2.45) is 0 Å². The van der Waals surface area contributed by atoms with E-state index >= 15 is 0 Å². The molecule has 1 fully saturated rings. The molecule has 0 radical (unpaired) electrons. The summed E-state index contributed by atoms with van der Waals surface area (Å²) in [6.45, 7) is 0. The lowest BCUT2D eigenvalue weighted by atomic mass is 9.89. The van der Waals surface area contributed by atoms with Crippen molar-refractivity contribution in [2.45, 2.75) is 35.9 Å². The van der Waals surface area contributed by atoms with Gasteiger partial charge in [-0.1, -0.05) is 0 Å². The van der Waals surface area contributed by atoms with Crippen LogP contribution in [0.15, 0.2) is 0 Å². The maximum absolute atomic E-state index is 12.1. The molecule has 0 atom stereocenters. The Labute approximate surface area is 94.7 Å². The molecule has 0 spiro atoms. The van der Waals surface area contributed by atoms with Crippen LogP contribution in [0, 0.1) is 0 Å². The van der Waals surface area contributed by atoms with Crippen molar-refractivity contribution in [3.63, 3.8) is 0 Å². The molecule has 0 aromatic carbocycles. The second-order valence-corrected chi connectivity index (χ2v) is 3.46. The largest absolute Gasteiger partial charge is 0.430 e. The van der Waals surface area contributed by atoms with Crippen molar-refractivity contribution in [3.05, 3.63) is 0 Å². The van der Waals surface area contributed by atoms with E-state index in [1.165, 1.54) is 0 Å². The van der Waals surface area contributed by atoms with E-state index in [0.717, 1.165) is 0 Å². The summed E-state index contributed by atoms with van der Waals surface area (Å²) in [6.07, 6.45) is -27.8. The molecular weight excluding hydrogens is 316 g/mol. The first-order valence-corrected chi connectivity index (χ1v) is 3.93. The van der Waals surface area contributed by atoms with E-state index in [-0.39, 0.29) is 0 Å². The van der Waals surface area contributed by atoms with Crippen LogP contribution in [-0.4, -0.2) is 35.9 Å². The number of halogens is 12. The predicted molar refractivity (Wildman–Crippen MR) is 30.8 cm³/mol. The Morgan fingerprint density at radius 1 is 0.421 bits per heavy atom. The summed E-state index contributed by atoms with van der Waals surface area (Å²) in [5.74, 6) is 0. The Morgan fingerprint density at radius 2 is 0.579 bits per heavy atom. The minimum atomic E-state index is -6.95. The molecule has 1 rings (SSSR count). The average Bonchev–Trinajstić information content (AvgIpc) is 2.67. The van der Waals surface area contributed by atoms with E-state index in [1.54, 1.807) is 0 Å². The van der Waals surface area contributed by atoms with Crippen molar-refractivity contribution in [1.29, 1.82) is 0 Å². The maximum atomic E-state index is 12.1. The Morgan fingerprint density at radius 3 is 0.632 bits per heavy atom. The number of rotatable bonds is 0. The lowest BCUT2D eigenvalue weighted by Crippen LogP contribution is -2.61. The van der Waals surface area contributed by atoms with Gasteiger partial charge in [-0.2, -0.15) is 52.7 Å². The molecule has 1 saturated heterocycles. The Kier molecular flexibility index (Phi) is 2.90. The zero-order chi connectivity index (χ0) is 15.7. The Bertz CT molecular complexity index is 302. The predicted octanol–water partition coefficient (Wildman–Crippen LogP) is 3.74. The van der Waals surface area contributed by atoms with Crippen LogP contribution in [0.25, 0.3) is 0 Å². The summed E-state index contributed by atoms with van der Waals surface area (Å²) in [4.78, 5) is 0. The molecule has 1 nitrogen and oxygen atoms in total. The number of epoxide rings is 1. The van der Waals surface area contributed by atoms with Gasteiger partial charge < -0.3 is 4.74 Å². The third-order valence-corrected chi connectivity index (χ3v) is 2.36. The number of hydrogen-bond donors (Lipinski definition) is 0. The normalized spacial score (nSPS) is 23.4. The van der Waals surface area contributed by atoms with Crippen LogP contribution in [0.3, 0.4) is 0 Å². The molecule has 0 aliphatic carbocycles. The first-order chi connectivity index (χ1) is 7.96. The van der Waals surface area contributed by atoms with E-state index in [9.17, 15) is 52.7 Å². The van der Waals surface area contributed by atoms with E-state index in [0.29, 0.717) is 0 Å². The lowest BCUT2D eigenvalue weighted by Gasteiger charge is -2.27. The topological polar surface area (TPSA) is 12.5 Å². The van der Waals surface area contributed by atoms with Gasteiger partial charge in [-0.3, -0.25) is 0 Å². The lowest BCUT2D eigenvalue weighted by molar-refractivity contribution is -0.327. The zero-order valence-corrected chi connectivity index (χ0v) is 7.94. The molecule has 1 heterocycles. The van der Waals surface area contributed by atoms with E-state index in [2.05, 4.69) is 4.74 Å². The molecule has 19 heavy (non-hydrogen) atoms. The SMILES string of the molecule is FC(F)(F)C1(C(F)(F)F)OC1(C(F)(F)F)C(F)(F)F. The summed E-state index contributed by atoms with van der Waals surface area (Å²) in [6, 6.07) is 0. The first-order valence-electron chi connectivity index (χ1n) is 3.93. The first kappa shape index (κ1) is 16.2. The third kappa shape index (κ3) is 1.69. The molecule has 114 valence electrons. The van der Waals surface area contributed by atoms with Gasteiger partial charge in [-0.15, -0.1) is 0 Å². The molecule has 0 aromatic rings. The third-order valence-electron chi connectivity index (χ3n) is 2.36. The molecule has 0 amide bonds. The highest BCUT2D eigenvalue weighted by Gasteiger charge is 3.08. The summed E-state index contributed by atoms with van der Waals surface area (Å²) in [7, 11) is 0. The van der Waals surface area contributed by atoms with Crippen molar-refractivity contribution in [3.8, 4) is 0 Å². The summed E-state index contributed by atoms with van der Waals surface area (Å²) >= 11 is 0. The highest BCUT2D eigenvalue weighted by molar-refractivity contribution is 5.30. The molecule has 1 aliphatic heterocycles. The fraction of sp³-hybridized carbons (Fsp3) is 1.00. The van der Waals surface area contributed by atoms with Gasteiger partial charge in [0.2, 0.25) is 0 Å². The van der Waals surface area contributed by atoms with Gasteiger partial charge in [-0.05, 0) is 0 Å². The fourth-order valence-electron chi connectivity index (χ4n) is 1.56. The molecular formula is C6F12O. The number of hydrogen-bond acceptors (Lipinski definition) is 1. The van der Waals surface area contributed by atoms with Crippen LogP contribution >= 0.6 is 0 Å². The fourth-order valence-corrected chi connectivity index (χ4v) is 1.56. The molecule has 0 aromatic heterocycles. The van der Waals surface area contributed by atoms with Crippen LogP contribution in [0.1, 0.15) is 0 Å². The Balaban J connectivity index is 3.59. The quantitative estimate of drug-likeness (QED) is 0.490. The van der Waals surface area contributed by atoms with Crippen molar-refractivity contribution in [2.75, 3.05) is 0 Å². The highest BCUT2D eigenvalue weighted by atomic mass is 19.4. The van der Waals surface area contributed by atoms with Crippen LogP contribution in [0.5, 0.6) is 0 Å². The standard InChI is InChI=1S/C6F12O/c7-3(8,9)1(4(10,11)12)2(19-1,5(13,14)15)6(16,17)18. The average molecular weight is 316 g/mol.